The molecular weight excluding hydrogens is 270 g/mol. The Morgan fingerprint density at radius 1 is 1.25 bits per heavy atom. The van der Waals surface area contributed by atoms with Gasteiger partial charge in [0.15, 0.2) is 11.5 Å². The summed E-state index contributed by atoms with van der Waals surface area (Å²) < 4.78 is 11.9. The van der Waals surface area contributed by atoms with E-state index >= 15 is 0 Å². The number of ether oxygens (including phenoxy) is 2. The van der Waals surface area contributed by atoms with Crippen molar-refractivity contribution in [2.45, 2.75) is 24.7 Å². The first-order valence-corrected chi connectivity index (χ1v) is 6.34. The molecular formula is C12H14BrNO2. The Labute approximate surface area is 103 Å². The number of nitrogens with two attached hydrogens (primary N) is 1. The normalized spacial score (nSPS) is 20.6. The average molecular weight is 284 g/mol. The van der Waals surface area contributed by atoms with Gasteiger partial charge >= 0.3 is 0 Å². The van der Waals surface area contributed by atoms with Gasteiger partial charge in [-0.1, -0.05) is 22.4 Å². The molecule has 86 valence electrons. The van der Waals surface area contributed by atoms with Crippen LogP contribution in [-0.2, 0) is 5.41 Å². The number of fused-ring (bicyclic) bond motifs is 1. The Morgan fingerprint density at radius 2 is 1.94 bits per heavy atom. The van der Waals surface area contributed by atoms with Crippen molar-refractivity contribution in [3.05, 3.63) is 22.2 Å². The molecule has 0 spiro atoms. The summed E-state index contributed by atoms with van der Waals surface area (Å²) in [4.78, 5) is 0. The highest BCUT2D eigenvalue weighted by molar-refractivity contribution is 9.10. The molecule has 0 aromatic heterocycles. The van der Waals surface area contributed by atoms with Gasteiger partial charge in [0.2, 0.25) is 6.79 Å². The van der Waals surface area contributed by atoms with E-state index in [1.165, 1.54) is 24.8 Å². The molecule has 1 aliphatic heterocycles. The van der Waals surface area contributed by atoms with E-state index in [-0.39, 0.29) is 5.41 Å². The second-order valence-electron chi connectivity index (χ2n) is 4.52. The number of hydrogen-bond acceptors (Lipinski definition) is 3. The third-order valence-corrected chi connectivity index (χ3v) is 4.39. The molecule has 0 saturated heterocycles. The Balaban J connectivity index is 2.07. The fourth-order valence-corrected chi connectivity index (χ4v) is 3.25. The van der Waals surface area contributed by atoms with Crippen molar-refractivity contribution in [2.75, 3.05) is 13.3 Å². The first kappa shape index (κ1) is 10.4. The summed E-state index contributed by atoms with van der Waals surface area (Å²) in [7, 11) is 0. The zero-order valence-electron chi connectivity index (χ0n) is 8.96. The van der Waals surface area contributed by atoms with Crippen LogP contribution in [0.25, 0.3) is 0 Å². The van der Waals surface area contributed by atoms with Gasteiger partial charge in [0.1, 0.15) is 0 Å². The first-order valence-electron chi connectivity index (χ1n) is 5.55. The molecule has 2 N–H and O–H groups in total. The van der Waals surface area contributed by atoms with Crippen LogP contribution >= 0.6 is 15.9 Å². The van der Waals surface area contributed by atoms with Crippen LogP contribution in [0, 0.1) is 0 Å². The van der Waals surface area contributed by atoms with Gasteiger partial charge in [-0.05, 0) is 30.5 Å². The number of hydrogen-bond donors (Lipinski definition) is 1. The highest BCUT2D eigenvalue weighted by atomic mass is 79.9. The van der Waals surface area contributed by atoms with E-state index in [0.29, 0.717) is 13.3 Å². The average Bonchev–Trinajstić information content (AvgIpc) is 2.64. The number of benzene rings is 1. The maximum absolute atomic E-state index is 5.92. The lowest BCUT2D eigenvalue weighted by Crippen LogP contribution is -2.41. The molecule has 0 unspecified atom stereocenters. The molecule has 0 atom stereocenters. The van der Waals surface area contributed by atoms with E-state index in [2.05, 4.69) is 22.0 Å². The predicted octanol–water partition coefficient (Wildman–Crippen LogP) is 2.56. The van der Waals surface area contributed by atoms with Gasteiger partial charge in [-0.15, -0.1) is 0 Å². The third kappa shape index (κ3) is 1.36. The van der Waals surface area contributed by atoms with Gasteiger partial charge in [-0.25, -0.2) is 0 Å². The van der Waals surface area contributed by atoms with Gasteiger partial charge in [0.25, 0.3) is 0 Å². The number of rotatable bonds is 2. The van der Waals surface area contributed by atoms with E-state index in [4.69, 9.17) is 15.2 Å². The molecule has 1 saturated carbocycles. The lowest BCUT2D eigenvalue weighted by Gasteiger charge is -2.42. The van der Waals surface area contributed by atoms with Crippen LogP contribution in [0.15, 0.2) is 16.6 Å². The van der Waals surface area contributed by atoms with E-state index in [1.807, 2.05) is 6.07 Å². The number of halogens is 1. The summed E-state index contributed by atoms with van der Waals surface area (Å²) in [6, 6.07) is 4.08. The SMILES string of the molecule is NCC1(c2cc3c(cc2Br)OCO3)CCC1. The standard InChI is InChI=1S/C12H14BrNO2/c13-9-5-11-10(15-7-16-11)4-8(9)12(6-14)2-1-3-12/h4-5H,1-3,6-7,14H2. The minimum absolute atomic E-state index is 0.153. The summed E-state index contributed by atoms with van der Waals surface area (Å²) in [5.41, 5.74) is 7.34. The molecule has 3 nitrogen and oxygen atoms in total. The predicted molar refractivity (Wildman–Crippen MR) is 64.8 cm³/mol. The smallest absolute Gasteiger partial charge is 0.231 e. The van der Waals surface area contributed by atoms with E-state index in [9.17, 15) is 0 Å². The van der Waals surface area contributed by atoms with Gasteiger partial charge in [-0.2, -0.15) is 0 Å². The Kier molecular flexibility index (Phi) is 2.37. The third-order valence-electron chi connectivity index (χ3n) is 3.74. The minimum atomic E-state index is 0.153. The highest BCUT2D eigenvalue weighted by Crippen LogP contribution is 2.49. The highest BCUT2D eigenvalue weighted by Gasteiger charge is 2.39. The first-order chi connectivity index (χ1) is 7.75. The topological polar surface area (TPSA) is 44.5 Å². The van der Waals surface area contributed by atoms with Gasteiger partial charge in [0.05, 0.1) is 0 Å². The van der Waals surface area contributed by atoms with Crippen LogP contribution in [0.2, 0.25) is 0 Å². The second kappa shape index (κ2) is 3.64. The monoisotopic (exact) mass is 283 g/mol. The Hall–Kier alpha value is -0.740. The summed E-state index contributed by atoms with van der Waals surface area (Å²) in [6.45, 7) is 1.02. The molecule has 1 heterocycles. The van der Waals surface area contributed by atoms with Crippen LogP contribution in [0.1, 0.15) is 24.8 Å². The van der Waals surface area contributed by atoms with Crippen molar-refractivity contribution in [3.8, 4) is 11.5 Å². The van der Waals surface area contributed by atoms with Crippen LogP contribution in [0.5, 0.6) is 11.5 Å². The summed E-state index contributed by atoms with van der Waals surface area (Å²) in [6.07, 6.45) is 3.60. The largest absolute Gasteiger partial charge is 0.454 e. The van der Waals surface area contributed by atoms with Crippen LogP contribution < -0.4 is 15.2 Å². The fraction of sp³-hybridized carbons (Fsp3) is 0.500. The summed E-state index contributed by atoms with van der Waals surface area (Å²) in [5.74, 6) is 1.67. The van der Waals surface area contributed by atoms with Crippen molar-refractivity contribution in [1.82, 2.24) is 0 Å². The zero-order chi connectivity index (χ0) is 11.2. The fourth-order valence-electron chi connectivity index (χ4n) is 2.51. The van der Waals surface area contributed by atoms with Gasteiger partial charge < -0.3 is 15.2 Å². The van der Waals surface area contributed by atoms with E-state index in [0.717, 1.165) is 16.0 Å². The molecule has 0 radical (unpaired) electrons. The van der Waals surface area contributed by atoms with Crippen LogP contribution in [0.3, 0.4) is 0 Å². The molecule has 2 aliphatic rings. The van der Waals surface area contributed by atoms with Crippen LogP contribution in [-0.4, -0.2) is 13.3 Å². The maximum Gasteiger partial charge on any atom is 0.231 e. The molecule has 0 bridgehead atoms. The lowest BCUT2D eigenvalue weighted by molar-refractivity contribution is 0.173. The Morgan fingerprint density at radius 3 is 2.50 bits per heavy atom. The van der Waals surface area contributed by atoms with Gasteiger partial charge in [0, 0.05) is 16.4 Å². The van der Waals surface area contributed by atoms with Crippen molar-refractivity contribution in [3.63, 3.8) is 0 Å². The molecule has 1 aliphatic carbocycles. The van der Waals surface area contributed by atoms with Crippen molar-refractivity contribution >= 4 is 15.9 Å². The molecule has 16 heavy (non-hydrogen) atoms. The zero-order valence-corrected chi connectivity index (χ0v) is 10.5. The Bertz CT molecular complexity index is 424. The molecule has 3 rings (SSSR count). The van der Waals surface area contributed by atoms with Crippen molar-refractivity contribution in [1.29, 1.82) is 0 Å². The maximum atomic E-state index is 5.92. The van der Waals surface area contributed by atoms with E-state index in [1.54, 1.807) is 0 Å². The van der Waals surface area contributed by atoms with Gasteiger partial charge in [-0.3, -0.25) is 0 Å². The van der Waals surface area contributed by atoms with Crippen molar-refractivity contribution < 1.29 is 9.47 Å². The van der Waals surface area contributed by atoms with E-state index < -0.39 is 0 Å². The summed E-state index contributed by atoms with van der Waals surface area (Å²) in [5, 5.41) is 0. The quantitative estimate of drug-likeness (QED) is 0.907. The lowest BCUT2D eigenvalue weighted by atomic mass is 9.64. The van der Waals surface area contributed by atoms with Crippen molar-refractivity contribution in [2.24, 2.45) is 5.73 Å². The van der Waals surface area contributed by atoms with Crippen LogP contribution in [0.4, 0.5) is 0 Å². The molecule has 0 amide bonds. The molecule has 1 aromatic rings. The second-order valence-corrected chi connectivity index (χ2v) is 5.38. The molecule has 1 fully saturated rings. The minimum Gasteiger partial charge on any atom is -0.454 e. The molecule has 1 aromatic carbocycles. The summed E-state index contributed by atoms with van der Waals surface area (Å²) >= 11 is 3.61. The molecule has 4 heteroatoms.